The van der Waals surface area contributed by atoms with Crippen LogP contribution >= 0.6 is 45.8 Å². The fraction of sp³-hybridized carbons (Fsp3) is 0.222. The van der Waals surface area contributed by atoms with E-state index in [4.69, 9.17) is 23.2 Å². The Morgan fingerprint density at radius 2 is 2.21 bits per heavy atom. The second kappa shape index (κ2) is 5.19. The zero-order chi connectivity index (χ0) is 10.7. The van der Waals surface area contributed by atoms with Crippen LogP contribution < -0.4 is 5.32 Å². The highest BCUT2D eigenvalue weighted by molar-refractivity contribution is 14.1. The van der Waals surface area contributed by atoms with Crippen molar-refractivity contribution >= 4 is 57.4 Å². The molecule has 0 saturated carbocycles. The first-order valence-corrected chi connectivity index (χ1v) is 5.80. The quantitative estimate of drug-likeness (QED) is 0.646. The van der Waals surface area contributed by atoms with Crippen LogP contribution in [0.3, 0.4) is 0 Å². The van der Waals surface area contributed by atoms with Gasteiger partial charge in [-0.05, 0) is 47.7 Å². The largest absolute Gasteiger partial charge is 0.325 e. The van der Waals surface area contributed by atoms with Gasteiger partial charge in [-0.15, -0.1) is 11.6 Å². The summed E-state index contributed by atoms with van der Waals surface area (Å²) in [7, 11) is 0. The third kappa shape index (κ3) is 3.29. The molecule has 0 fully saturated rings. The Labute approximate surface area is 106 Å². The van der Waals surface area contributed by atoms with Crippen molar-refractivity contribution in [3.05, 3.63) is 26.8 Å². The third-order valence-electron chi connectivity index (χ3n) is 1.55. The van der Waals surface area contributed by atoms with Gasteiger partial charge in [0.2, 0.25) is 5.91 Å². The van der Waals surface area contributed by atoms with Crippen molar-refractivity contribution in [3.8, 4) is 0 Å². The fourth-order valence-corrected chi connectivity index (χ4v) is 1.39. The van der Waals surface area contributed by atoms with Crippen molar-refractivity contribution in [2.24, 2.45) is 0 Å². The molecule has 0 unspecified atom stereocenters. The highest BCUT2D eigenvalue weighted by atomic mass is 127. The number of benzene rings is 1. The summed E-state index contributed by atoms with van der Waals surface area (Å²) in [5.41, 5.74) is 0.660. The Balaban J connectivity index is 2.78. The normalized spacial score (nSPS) is 12.3. The SMILES string of the molecule is C[C@@H](Cl)C(=O)Nc1ccc(I)c(Cl)c1. The average molecular weight is 344 g/mol. The van der Waals surface area contributed by atoms with Crippen LogP contribution in [0.5, 0.6) is 0 Å². The summed E-state index contributed by atoms with van der Waals surface area (Å²) in [6.07, 6.45) is 0. The van der Waals surface area contributed by atoms with Gasteiger partial charge in [0.15, 0.2) is 0 Å². The summed E-state index contributed by atoms with van der Waals surface area (Å²) in [5, 5.41) is 2.72. The lowest BCUT2D eigenvalue weighted by Crippen LogP contribution is -2.20. The van der Waals surface area contributed by atoms with E-state index in [1.807, 2.05) is 6.07 Å². The van der Waals surface area contributed by atoms with E-state index < -0.39 is 5.38 Å². The molecule has 14 heavy (non-hydrogen) atoms. The molecule has 1 atom stereocenters. The number of alkyl halides is 1. The number of hydrogen-bond donors (Lipinski definition) is 1. The molecule has 1 aromatic rings. The van der Waals surface area contributed by atoms with E-state index >= 15 is 0 Å². The lowest BCUT2D eigenvalue weighted by molar-refractivity contribution is -0.115. The van der Waals surface area contributed by atoms with Gasteiger partial charge in [-0.1, -0.05) is 11.6 Å². The van der Waals surface area contributed by atoms with Gasteiger partial charge in [-0.2, -0.15) is 0 Å². The predicted molar refractivity (Wildman–Crippen MR) is 68.1 cm³/mol. The predicted octanol–water partition coefficient (Wildman–Crippen LogP) is 3.51. The number of rotatable bonds is 2. The number of nitrogens with one attached hydrogen (secondary N) is 1. The van der Waals surface area contributed by atoms with Crippen LogP contribution in [0, 0.1) is 3.57 Å². The number of hydrogen-bond acceptors (Lipinski definition) is 1. The number of halogens is 3. The van der Waals surface area contributed by atoms with Crippen LogP contribution in [0.25, 0.3) is 0 Å². The monoisotopic (exact) mass is 343 g/mol. The standard InChI is InChI=1S/C9H8Cl2INO/c1-5(10)9(14)13-6-2-3-8(12)7(11)4-6/h2-5H,1H3,(H,13,14)/t5-/m1/s1. The van der Waals surface area contributed by atoms with Crippen molar-refractivity contribution in [2.75, 3.05) is 5.32 Å². The van der Waals surface area contributed by atoms with E-state index in [1.165, 1.54) is 0 Å². The minimum absolute atomic E-state index is 0.232. The summed E-state index contributed by atoms with van der Waals surface area (Å²) in [6, 6.07) is 5.31. The summed E-state index contributed by atoms with van der Waals surface area (Å²) in [6.45, 7) is 1.62. The molecule has 1 amide bonds. The van der Waals surface area contributed by atoms with Crippen molar-refractivity contribution in [1.82, 2.24) is 0 Å². The molecule has 5 heteroatoms. The highest BCUT2D eigenvalue weighted by Crippen LogP contribution is 2.22. The van der Waals surface area contributed by atoms with Crippen LogP contribution in [0.1, 0.15) is 6.92 Å². The topological polar surface area (TPSA) is 29.1 Å². The Morgan fingerprint density at radius 3 is 2.71 bits per heavy atom. The first-order chi connectivity index (χ1) is 6.50. The lowest BCUT2D eigenvalue weighted by atomic mass is 10.3. The smallest absolute Gasteiger partial charge is 0.242 e. The number of anilines is 1. The maximum Gasteiger partial charge on any atom is 0.242 e. The Morgan fingerprint density at radius 1 is 1.57 bits per heavy atom. The molecule has 1 aromatic carbocycles. The van der Waals surface area contributed by atoms with Gasteiger partial charge < -0.3 is 5.32 Å². The molecule has 1 rings (SSSR count). The molecule has 76 valence electrons. The van der Waals surface area contributed by atoms with Crippen LogP contribution in [0.15, 0.2) is 18.2 Å². The first kappa shape index (κ1) is 12.1. The van der Waals surface area contributed by atoms with Crippen LogP contribution in [0.2, 0.25) is 5.02 Å². The molecule has 0 aliphatic rings. The second-order valence-corrected chi connectivity index (χ2v) is 4.96. The van der Waals surface area contributed by atoms with Crippen molar-refractivity contribution in [1.29, 1.82) is 0 Å². The molecular formula is C9H8Cl2INO. The zero-order valence-electron chi connectivity index (χ0n) is 7.35. The van der Waals surface area contributed by atoms with E-state index in [1.54, 1.807) is 19.1 Å². The molecule has 0 aliphatic carbocycles. The summed E-state index contributed by atoms with van der Waals surface area (Å²) >= 11 is 13.6. The average Bonchev–Trinajstić information content (AvgIpc) is 2.11. The fourth-order valence-electron chi connectivity index (χ4n) is 0.816. The van der Waals surface area contributed by atoms with Crippen molar-refractivity contribution in [3.63, 3.8) is 0 Å². The van der Waals surface area contributed by atoms with Gasteiger partial charge in [0, 0.05) is 9.26 Å². The molecule has 0 radical (unpaired) electrons. The minimum atomic E-state index is -0.548. The van der Waals surface area contributed by atoms with Gasteiger partial charge in [-0.3, -0.25) is 4.79 Å². The van der Waals surface area contributed by atoms with Gasteiger partial charge in [0.05, 0.1) is 5.02 Å². The summed E-state index contributed by atoms with van der Waals surface area (Å²) in [4.78, 5) is 11.2. The van der Waals surface area contributed by atoms with E-state index in [0.717, 1.165) is 3.57 Å². The van der Waals surface area contributed by atoms with Gasteiger partial charge >= 0.3 is 0 Å². The zero-order valence-corrected chi connectivity index (χ0v) is 11.0. The van der Waals surface area contributed by atoms with Crippen LogP contribution in [-0.4, -0.2) is 11.3 Å². The van der Waals surface area contributed by atoms with E-state index in [2.05, 4.69) is 27.9 Å². The first-order valence-electron chi connectivity index (χ1n) is 3.90. The maximum absolute atomic E-state index is 11.2. The molecular weight excluding hydrogens is 336 g/mol. The highest BCUT2D eigenvalue weighted by Gasteiger charge is 2.09. The Kier molecular flexibility index (Phi) is 4.47. The number of carbonyl (C=O) groups excluding carboxylic acids is 1. The minimum Gasteiger partial charge on any atom is -0.325 e. The second-order valence-electron chi connectivity index (χ2n) is 2.73. The number of carbonyl (C=O) groups is 1. The molecule has 0 saturated heterocycles. The Bertz CT molecular complexity index is 355. The molecule has 2 nitrogen and oxygen atoms in total. The lowest BCUT2D eigenvalue weighted by Gasteiger charge is -2.07. The van der Waals surface area contributed by atoms with Gasteiger partial charge in [0.25, 0.3) is 0 Å². The molecule has 0 heterocycles. The molecule has 0 aliphatic heterocycles. The summed E-state index contributed by atoms with van der Waals surface area (Å²) < 4.78 is 0.946. The molecule has 0 spiro atoms. The van der Waals surface area contributed by atoms with Gasteiger partial charge in [-0.25, -0.2) is 0 Å². The van der Waals surface area contributed by atoms with Gasteiger partial charge in [0.1, 0.15) is 5.38 Å². The van der Waals surface area contributed by atoms with Crippen LogP contribution in [0.4, 0.5) is 5.69 Å². The third-order valence-corrected chi connectivity index (χ3v) is 3.32. The summed E-state index contributed by atoms with van der Waals surface area (Å²) in [5.74, 6) is -0.232. The molecule has 1 N–H and O–H groups in total. The molecule has 0 aromatic heterocycles. The van der Waals surface area contributed by atoms with E-state index in [-0.39, 0.29) is 5.91 Å². The van der Waals surface area contributed by atoms with Crippen molar-refractivity contribution < 1.29 is 4.79 Å². The molecule has 0 bridgehead atoms. The maximum atomic E-state index is 11.2. The van der Waals surface area contributed by atoms with Crippen LogP contribution in [-0.2, 0) is 4.79 Å². The number of amides is 1. The van der Waals surface area contributed by atoms with E-state index in [9.17, 15) is 4.79 Å². The van der Waals surface area contributed by atoms with Crippen molar-refractivity contribution in [2.45, 2.75) is 12.3 Å². The Hall–Kier alpha value is -0.0000000000000000555. The van der Waals surface area contributed by atoms with E-state index in [0.29, 0.717) is 10.7 Å².